The monoisotopic (exact) mass is 326 g/mol. The first kappa shape index (κ1) is 15.4. The number of rotatable bonds is 7. The van der Waals surface area contributed by atoms with Gasteiger partial charge in [-0.25, -0.2) is 4.72 Å². The van der Waals surface area contributed by atoms with E-state index in [0.717, 1.165) is 11.8 Å². The van der Waals surface area contributed by atoms with Gasteiger partial charge in [0.2, 0.25) is 0 Å². The molecule has 0 radical (unpaired) electrons. The molecule has 1 aliphatic carbocycles. The third-order valence-electron chi connectivity index (χ3n) is 3.59. The summed E-state index contributed by atoms with van der Waals surface area (Å²) in [5, 5.41) is 0.977. The van der Waals surface area contributed by atoms with Crippen LogP contribution in [-0.4, -0.2) is 37.7 Å². The maximum Gasteiger partial charge on any atom is 0.279 e. The SMILES string of the molecule is CCN(CC)S(=O)(=O)NCC1CCCC1CBr. The van der Waals surface area contributed by atoms with E-state index in [2.05, 4.69) is 20.7 Å². The second kappa shape index (κ2) is 7.07. The van der Waals surface area contributed by atoms with Gasteiger partial charge in [0, 0.05) is 25.0 Å². The quantitative estimate of drug-likeness (QED) is 0.727. The Balaban J connectivity index is 2.49. The highest BCUT2D eigenvalue weighted by atomic mass is 79.9. The zero-order chi connectivity index (χ0) is 12.9. The lowest BCUT2D eigenvalue weighted by molar-refractivity contribution is 0.399. The maximum absolute atomic E-state index is 11.9. The molecular weight excluding hydrogens is 304 g/mol. The molecular formula is C11H23BrN2O2S. The van der Waals surface area contributed by atoms with Crippen molar-refractivity contribution < 1.29 is 8.42 Å². The lowest BCUT2D eigenvalue weighted by Crippen LogP contribution is -2.42. The standard InChI is InChI=1S/C11H23BrN2O2S/c1-3-14(4-2)17(15,16)13-9-11-7-5-6-10(11)8-12/h10-11,13H,3-9H2,1-2H3. The van der Waals surface area contributed by atoms with Gasteiger partial charge in [-0.2, -0.15) is 12.7 Å². The highest BCUT2D eigenvalue weighted by Crippen LogP contribution is 2.32. The van der Waals surface area contributed by atoms with Crippen LogP contribution >= 0.6 is 15.9 Å². The number of hydrogen-bond donors (Lipinski definition) is 1. The Morgan fingerprint density at radius 3 is 2.35 bits per heavy atom. The maximum atomic E-state index is 11.9. The molecule has 4 nitrogen and oxygen atoms in total. The minimum atomic E-state index is -3.27. The topological polar surface area (TPSA) is 49.4 Å². The largest absolute Gasteiger partial charge is 0.279 e. The molecule has 0 heterocycles. The molecule has 0 aromatic carbocycles. The van der Waals surface area contributed by atoms with Crippen LogP contribution in [-0.2, 0) is 10.2 Å². The Labute approximate surface area is 113 Å². The predicted octanol–water partition coefficient (Wildman–Crippen LogP) is 1.97. The van der Waals surface area contributed by atoms with Crippen LogP contribution in [0.25, 0.3) is 0 Å². The first-order chi connectivity index (χ1) is 8.05. The van der Waals surface area contributed by atoms with E-state index in [-0.39, 0.29) is 0 Å². The van der Waals surface area contributed by atoms with E-state index in [1.54, 1.807) is 0 Å². The average molecular weight is 327 g/mol. The zero-order valence-corrected chi connectivity index (χ0v) is 13.1. The Morgan fingerprint density at radius 1 is 1.24 bits per heavy atom. The van der Waals surface area contributed by atoms with Gasteiger partial charge in [0.05, 0.1) is 0 Å². The molecule has 1 aliphatic rings. The Bertz CT molecular complexity index is 317. The second-order valence-corrected chi connectivity index (χ2v) is 6.95. The molecule has 0 aliphatic heterocycles. The minimum Gasteiger partial charge on any atom is -0.202 e. The van der Waals surface area contributed by atoms with Gasteiger partial charge in [-0.1, -0.05) is 36.2 Å². The molecule has 1 N–H and O–H groups in total. The van der Waals surface area contributed by atoms with Crippen molar-refractivity contribution in [1.29, 1.82) is 0 Å². The van der Waals surface area contributed by atoms with E-state index in [0.29, 0.717) is 31.5 Å². The van der Waals surface area contributed by atoms with Crippen LogP contribution < -0.4 is 4.72 Å². The molecule has 0 aromatic rings. The third-order valence-corrected chi connectivity index (χ3v) is 6.15. The van der Waals surface area contributed by atoms with Gasteiger partial charge in [-0.15, -0.1) is 0 Å². The summed E-state index contributed by atoms with van der Waals surface area (Å²) in [6.45, 7) is 5.35. The van der Waals surface area contributed by atoms with Crippen LogP contribution in [0, 0.1) is 11.8 Å². The number of alkyl halides is 1. The van der Waals surface area contributed by atoms with Crippen molar-refractivity contribution in [1.82, 2.24) is 9.03 Å². The number of hydrogen-bond acceptors (Lipinski definition) is 2. The van der Waals surface area contributed by atoms with Crippen LogP contribution in [0.15, 0.2) is 0 Å². The molecule has 0 spiro atoms. The molecule has 1 rings (SSSR count). The fourth-order valence-electron chi connectivity index (χ4n) is 2.45. The summed E-state index contributed by atoms with van der Waals surface area (Å²) in [6.07, 6.45) is 3.56. The zero-order valence-electron chi connectivity index (χ0n) is 10.7. The average Bonchev–Trinajstić information content (AvgIpc) is 2.75. The third kappa shape index (κ3) is 4.19. The fraction of sp³-hybridized carbons (Fsp3) is 1.00. The first-order valence-electron chi connectivity index (χ1n) is 6.35. The van der Waals surface area contributed by atoms with Crippen LogP contribution in [0.3, 0.4) is 0 Å². The summed E-state index contributed by atoms with van der Waals surface area (Å²) in [5.41, 5.74) is 0. The molecule has 1 fully saturated rings. The number of halogens is 1. The molecule has 0 aromatic heterocycles. The highest BCUT2D eigenvalue weighted by Gasteiger charge is 2.28. The molecule has 0 bridgehead atoms. The van der Waals surface area contributed by atoms with E-state index in [4.69, 9.17) is 0 Å². The van der Waals surface area contributed by atoms with Gasteiger partial charge in [-0.05, 0) is 24.7 Å². The predicted molar refractivity (Wildman–Crippen MR) is 74.5 cm³/mol. The van der Waals surface area contributed by atoms with Gasteiger partial charge in [0.25, 0.3) is 10.2 Å². The summed E-state index contributed by atoms with van der Waals surface area (Å²) in [6, 6.07) is 0. The molecule has 0 amide bonds. The summed E-state index contributed by atoms with van der Waals surface area (Å²) in [4.78, 5) is 0. The van der Waals surface area contributed by atoms with Gasteiger partial charge >= 0.3 is 0 Å². The minimum absolute atomic E-state index is 0.486. The Morgan fingerprint density at radius 2 is 1.82 bits per heavy atom. The molecule has 2 unspecified atom stereocenters. The second-order valence-electron chi connectivity index (χ2n) is 4.54. The summed E-state index contributed by atoms with van der Waals surface area (Å²) in [7, 11) is -3.27. The van der Waals surface area contributed by atoms with Gasteiger partial charge in [-0.3, -0.25) is 0 Å². The van der Waals surface area contributed by atoms with E-state index >= 15 is 0 Å². The molecule has 17 heavy (non-hydrogen) atoms. The Kier molecular flexibility index (Phi) is 6.40. The van der Waals surface area contributed by atoms with Crippen molar-refractivity contribution in [3.05, 3.63) is 0 Å². The van der Waals surface area contributed by atoms with Crippen molar-refractivity contribution in [3.63, 3.8) is 0 Å². The molecule has 6 heteroatoms. The normalized spacial score (nSPS) is 25.6. The lowest BCUT2D eigenvalue weighted by atomic mass is 9.99. The molecule has 1 saturated carbocycles. The lowest BCUT2D eigenvalue weighted by Gasteiger charge is -2.22. The van der Waals surface area contributed by atoms with Gasteiger partial charge in [0.1, 0.15) is 0 Å². The van der Waals surface area contributed by atoms with E-state index in [1.807, 2.05) is 13.8 Å². The van der Waals surface area contributed by atoms with E-state index in [1.165, 1.54) is 17.1 Å². The number of nitrogens with zero attached hydrogens (tertiary/aromatic N) is 1. The Hall–Kier alpha value is 0.350. The van der Waals surface area contributed by atoms with Crippen LogP contribution in [0.2, 0.25) is 0 Å². The van der Waals surface area contributed by atoms with Crippen molar-refractivity contribution in [2.24, 2.45) is 11.8 Å². The number of nitrogens with one attached hydrogen (secondary N) is 1. The van der Waals surface area contributed by atoms with E-state index < -0.39 is 10.2 Å². The van der Waals surface area contributed by atoms with Crippen molar-refractivity contribution >= 4 is 26.1 Å². The van der Waals surface area contributed by atoms with Gasteiger partial charge in [0.15, 0.2) is 0 Å². The fourth-order valence-corrected chi connectivity index (χ4v) is 4.59. The van der Waals surface area contributed by atoms with Crippen LogP contribution in [0.4, 0.5) is 0 Å². The van der Waals surface area contributed by atoms with Crippen LogP contribution in [0.5, 0.6) is 0 Å². The summed E-state index contributed by atoms with van der Waals surface area (Å²) in [5.74, 6) is 1.11. The van der Waals surface area contributed by atoms with Crippen LogP contribution in [0.1, 0.15) is 33.1 Å². The van der Waals surface area contributed by atoms with Gasteiger partial charge < -0.3 is 0 Å². The molecule has 2 atom stereocenters. The first-order valence-corrected chi connectivity index (χ1v) is 8.92. The van der Waals surface area contributed by atoms with E-state index in [9.17, 15) is 8.42 Å². The summed E-state index contributed by atoms with van der Waals surface area (Å²) >= 11 is 3.51. The highest BCUT2D eigenvalue weighted by molar-refractivity contribution is 9.09. The van der Waals surface area contributed by atoms with Crippen molar-refractivity contribution in [2.75, 3.05) is 25.0 Å². The summed E-state index contributed by atoms with van der Waals surface area (Å²) < 4.78 is 28.1. The van der Waals surface area contributed by atoms with Crippen molar-refractivity contribution in [3.8, 4) is 0 Å². The molecule has 0 saturated heterocycles. The van der Waals surface area contributed by atoms with Crippen molar-refractivity contribution in [2.45, 2.75) is 33.1 Å². The molecule has 102 valence electrons. The smallest absolute Gasteiger partial charge is 0.202 e.